The summed E-state index contributed by atoms with van der Waals surface area (Å²) in [5.41, 5.74) is 6.18. The molecule has 0 aliphatic carbocycles. The van der Waals surface area contributed by atoms with Gasteiger partial charge in [-0.3, -0.25) is 0 Å². The molecule has 3 N–H and O–H groups in total. The van der Waals surface area contributed by atoms with Crippen LogP contribution in [0.25, 0.3) is 0 Å². The molecule has 0 radical (unpaired) electrons. The fourth-order valence-corrected chi connectivity index (χ4v) is 4.66. The third kappa shape index (κ3) is 4.49. The van der Waals surface area contributed by atoms with Gasteiger partial charge in [-0.25, -0.2) is 13.1 Å². The van der Waals surface area contributed by atoms with Crippen LogP contribution in [0.15, 0.2) is 35.2 Å². The Labute approximate surface area is 136 Å². The summed E-state index contributed by atoms with van der Waals surface area (Å²) in [5, 5.41) is 0. The number of nitrogens with two attached hydrogens (primary N) is 1. The quantitative estimate of drug-likeness (QED) is 0.608. The summed E-state index contributed by atoms with van der Waals surface area (Å²) in [4.78, 5) is -0.0216. The Bertz CT molecular complexity index is 715. The predicted molar refractivity (Wildman–Crippen MR) is 85.9 cm³/mol. The van der Waals surface area contributed by atoms with Crippen molar-refractivity contribution in [3.05, 3.63) is 39.0 Å². The van der Waals surface area contributed by atoms with E-state index in [4.69, 9.17) is 33.7 Å². The van der Waals surface area contributed by atoms with Crippen LogP contribution in [0.5, 0.6) is 5.75 Å². The highest BCUT2D eigenvalue weighted by atomic mass is 35.5. The SMILES string of the molecule is Nc1ccc(OCCNS(=O)(=O)c2cc(Cl)sc2Cl)cc1. The third-order valence-electron chi connectivity index (χ3n) is 2.46. The van der Waals surface area contributed by atoms with Gasteiger partial charge >= 0.3 is 0 Å². The average molecular weight is 367 g/mol. The number of sulfonamides is 1. The zero-order valence-electron chi connectivity index (χ0n) is 10.7. The summed E-state index contributed by atoms with van der Waals surface area (Å²) in [7, 11) is -3.69. The van der Waals surface area contributed by atoms with Crippen molar-refractivity contribution in [3.63, 3.8) is 0 Å². The maximum absolute atomic E-state index is 12.0. The summed E-state index contributed by atoms with van der Waals surface area (Å²) in [6.07, 6.45) is 0. The van der Waals surface area contributed by atoms with Gasteiger partial charge in [0, 0.05) is 12.2 Å². The lowest BCUT2D eigenvalue weighted by Crippen LogP contribution is -2.28. The molecule has 0 spiro atoms. The Morgan fingerprint density at radius 1 is 1.24 bits per heavy atom. The van der Waals surface area contributed by atoms with Crippen molar-refractivity contribution in [2.24, 2.45) is 0 Å². The Balaban J connectivity index is 1.88. The summed E-state index contributed by atoms with van der Waals surface area (Å²) in [6.45, 7) is 0.287. The van der Waals surface area contributed by atoms with E-state index in [9.17, 15) is 8.42 Å². The number of benzene rings is 1. The largest absolute Gasteiger partial charge is 0.492 e. The molecule has 0 bridgehead atoms. The number of halogens is 2. The minimum Gasteiger partial charge on any atom is -0.492 e. The number of hydrogen-bond donors (Lipinski definition) is 2. The smallest absolute Gasteiger partial charge is 0.243 e. The van der Waals surface area contributed by atoms with Gasteiger partial charge in [-0.05, 0) is 30.3 Å². The molecule has 2 aromatic rings. The van der Waals surface area contributed by atoms with Crippen LogP contribution >= 0.6 is 34.5 Å². The highest BCUT2D eigenvalue weighted by Crippen LogP contribution is 2.33. The molecular weight excluding hydrogens is 355 g/mol. The van der Waals surface area contributed by atoms with Gasteiger partial charge in [0.05, 0.1) is 4.34 Å². The van der Waals surface area contributed by atoms with Crippen LogP contribution in [-0.4, -0.2) is 21.6 Å². The molecule has 1 aromatic heterocycles. The van der Waals surface area contributed by atoms with E-state index < -0.39 is 10.0 Å². The van der Waals surface area contributed by atoms with Crippen molar-refractivity contribution >= 4 is 50.2 Å². The second-order valence-electron chi connectivity index (χ2n) is 4.00. The Hall–Kier alpha value is -0.990. The lowest BCUT2D eigenvalue weighted by molar-refractivity contribution is 0.323. The first-order valence-corrected chi connectivity index (χ1v) is 8.87. The Kier molecular flexibility index (Phi) is 5.34. The zero-order chi connectivity index (χ0) is 15.5. The number of ether oxygens (including phenoxy) is 1. The van der Waals surface area contributed by atoms with E-state index in [0.29, 0.717) is 15.8 Å². The topological polar surface area (TPSA) is 81.4 Å². The molecule has 2 rings (SSSR count). The normalized spacial score (nSPS) is 11.5. The number of nitrogen functional groups attached to an aromatic ring is 1. The Morgan fingerprint density at radius 2 is 1.90 bits per heavy atom. The summed E-state index contributed by atoms with van der Waals surface area (Å²) in [5.74, 6) is 0.611. The highest BCUT2D eigenvalue weighted by molar-refractivity contribution is 7.89. The molecule has 0 fully saturated rings. The number of anilines is 1. The number of thiophene rings is 1. The maximum Gasteiger partial charge on any atom is 0.243 e. The van der Waals surface area contributed by atoms with E-state index in [0.717, 1.165) is 11.3 Å². The third-order valence-corrected chi connectivity index (χ3v) is 5.67. The molecule has 0 aliphatic heterocycles. The van der Waals surface area contributed by atoms with Crippen molar-refractivity contribution in [1.29, 1.82) is 0 Å². The van der Waals surface area contributed by atoms with Crippen LogP contribution in [-0.2, 0) is 10.0 Å². The van der Waals surface area contributed by atoms with Gasteiger partial charge in [-0.15, -0.1) is 11.3 Å². The van der Waals surface area contributed by atoms with Crippen LogP contribution in [0.4, 0.5) is 5.69 Å². The van der Waals surface area contributed by atoms with Gasteiger partial charge in [0.1, 0.15) is 21.6 Å². The predicted octanol–water partition coefficient (Wildman–Crippen LogP) is 2.99. The van der Waals surface area contributed by atoms with E-state index in [1.807, 2.05) is 0 Å². The van der Waals surface area contributed by atoms with Crippen LogP contribution in [0, 0.1) is 0 Å². The first-order chi connectivity index (χ1) is 9.88. The average Bonchev–Trinajstić information content (AvgIpc) is 2.77. The van der Waals surface area contributed by atoms with Gasteiger partial charge in [0.2, 0.25) is 10.0 Å². The molecule has 0 saturated heterocycles. The second-order valence-corrected chi connectivity index (χ2v) is 8.02. The van der Waals surface area contributed by atoms with E-state index in [1.165, 1.54) is 6.07 Å². The monoisotopic (exact) mass is 366 g/mol. The molecule has 1 heterocycles. The molecule has 0 atom stereocenters. The van der Waals surface area contributed by atoms with E-state index >= 15 is 0 Å². The minimum absolute atomic E-state index is 0.0216. The van der Waals surface area contributed by atoms with E-state index in [1.54, 1.807) is 24.3 Å². The molecule has 21 heavy (non-hydrogen) atoms. The molecule has 9 heteroatoms. The summed E-state index contributed by atoms with van der Waals surface area (Å²) >= 11 is 12.6. The van der Waals surface area contributed by atoms with Gasteiger partial charge in [0.25, 0.3) is 0 Å². The fourth-order valence-electron chi connectivity index (χ4n) is 1.50. The van der Waals surface area contributed by atoms with Crippen molar-refractivity contribution in [3.8, 4) is 5.75 Å². The summed E-state index contributed by atoms with van der Waals surface area (Å²) < 4.78 is 32.2. The van der Waals surface area contributed by atoms with Crippen LogP contribution < -0.4 is 15.2 Å². The van der Waals surface area contributed by atoms with Crippen LogP contribution in [0.3, 0.4) is 0 Å². The number of nitrogens with one attached hydrogen (secondary N) is 1. The first kappa shape index (κ1) is 16.4. The zero-order valence-corrected chi connectivity index (χ0v) is 13.8. The molecular formula is C12H12Cl2N2O3S2. The Morgan fingerprint density at radius 3 is 2.48 bits per heavy atom. The van der Waals surface area contributed by atoms with Crippen molar-refractivity contribution in [2.75, 3.05) is 18.9 Å². The first-order valence-electron chi connectivity index (χ1n) is 5.81. The van der Waals surface area contributed by atoms with E-state index in [2.05, 4.69) is 4.72 Å². The minimum atomic E-state index is -3.69. The molecule has 0 aliphatic rings. The highest BCUT2D eigenvalue weighted by Gasteiger charge is 2.20. The molecule has 1 aromatic carbocycles. The molecule has 0 unspecified atom stereocenters. The van der Waals surface area contributed by atoms with Crippen molar-refractivity contribution < 1.29 is 13.2 Å². The van der Waals surface area contributed by atoms with Crippen LogP contribution in [0.2, 0.25) is 8.67 Å². The van der Waals surface area contributed by atoms with E-state index in [-0.39, 0.29) is 22.4 Å². The van der Waals surface area contributed by atoms with Gasteiger partial charge < -0.3 is 10.5 Å². The lowest BCUT2D eigenvalue weighted by Gasteiger charge is -2.08. The van der Waals surface area contributed by atoms with Gasteiger partial charge in [0.15, 0.2) is 0 Å². The van der Waals surface area contributed by atoms with Gasteiger partial charge in [-0.1, -0.05) is 23.2 Å². The van der Waals surface area contributed by atoms with Crippen molar-refractivity contribution in [1.82, 2.24) is 4.72 Å². The molecule has 0 amide bonds. The molecule has 114 valence electrons. The van der Waals surface area contributed by atoms with Crippen molar-refractivity contribution in [2.45, 2.75) is 4.90 Å². The maximum atomic E-state index is 12.0. The standard InChI is InChI=1S/C12H12Cl2N2O3S2/c13-11-7-10(12(14)20-11)21(17,18)16-5-6-19-9-3-1-8(15)2-4-9/h1-4,7,16H,5-6,15H2. The van der Waals surface area contributed by atoms with Gasteiger partial charge in [-0.2, -0.15) is 0 Å². The lowest BCUT2D eigenvalue weighted by atomic mass is 10.3. The summed E-state index contributed by atoms with van der Waals surface area (Å²) in [6, 6.07) is 8.13. The molecule has 0 saturated carbocycles. The number of hydrogen-bond acceptors (Lipinski definition) is 5. The molecule has 5 nitrogen and oxygen atoms in total. The number of rotatable bonds is 6. The second kappa shape index (κ2) is 6.85. The van der Waals surface area contributed by atoms with Crippen LogP contribution in [0.1, 0.15) is 0 Å². The fraction of sp³-hybridized carbons (Fsp3) is 0.167.